The Labute approximate surface area is 123 Å². The normalized spacial score (nSPS) is 10.5. The van der Waals surface area contributed by atoms with Gasteiger partial charge in [-0.2, -0.15) is 0 Å². The average Bonchev–Trinajstić information content (AvgIpc) is 2.49. The van der Waals surface area contributed by atoms with Gasteiger partial charge in [0, 0.05) is 11.1 Å². The smallest absolute Gasteiger partial charge is 0.123 e. The summed E-state index contributed by atoms with van der Waals surface area (Å²) >= 11 is 0. The van der Waals surface area contributed by atoms with Crippen LogP contribution in [0.1, 0.15) is 5.56 Å². The first-order chi connectivity index (χ1) is 10.2. The van der Waals surface area contributed by atoms with Crippen LogP contribution in [0.4, 0.5) is 0 Å². The molecule has 0 atom stereocenters. The van der Waals surface area contributed by atoms with E-state index >= 15 is 0 Å². The van der Waals surface area contributed by atoms with E-state index in [2.05, 4.69) is 6.92 Å². The summed E-state index contributed by atoms with van der Waals surface area (Å²) in [7, 11) is 0. The lowest BCUT2D eigenvalue weighted by Crippen LogP contribution is -1.90. The third-order valence-electron chi connectivity index (χ3n) is 3.52. The van der Waals surface area contributed by atoms with E-state index in [-0.39, 0.29) is 11.5 Å². The molecule has 2 heteroatoms. The van der Waals surface area contributed by atoms with Crippen LogP contribution >= 0.6 is 0 Å². The van der Waals surface area contributed by atoms with Gasteiger partial charge in [0.05, 0.1) is 0 Å². The molecule has 2 nitrogen and oxygen atoms in total. The minimum Gasteiger partial charge on any atom is -0.507 e. The number of para-hydroxylation sites is 2. The van der Waals surface area contributed by atoms with Crippen LogP contribution < -0.4 is 0 Å². The van der Waals surface area contributed by atoms with Gasteiger partial charge in [-0.25, -0.2) is 0 Å². The molecule has 3 aromatic rings. The quantitative estimate of drug-likeness (QED) is 0.716. The first-order valence-corrected chi connectivity index (χ1v) is 6.70. The molecule has 0 aromatic heterocycles. The van der Waals surface area contributed by atoms with Crippen molar-refractivity contribution in [3.63, 3.8) is 0 Å². The molecule has 0 amide bonds. The predicted octanol–water partition coefficient (Wildman–Crippen LogP) is 4.61. The minimum atomic E-state index is 0.199. The molecule has 1 radical (unpaired) electrons. The van der Waals surface area contributed by atoms with Gasteiger partial charge in [0.25, 0.3) is 0 Å². The van der Waals surface area contributed by atoms with Gasteiger partial charge in [-0.3, -0.25) is 0 Å². The second-order valence-electron chi connectivity index (χ2n) is 4.87. The van der Waals surface area contributed by atoms with Crippen LogP contribution in [0.15, 0.2) is 66.7 Å². The molecule has 103 valence electrons. The van der Waals surface area contributed by atoms with Crippen molar-refractivity contribution < 1.29 is 10.2 Å². The van der Waals surface area contributed by atoms with Crippen LogP contribution in [-0.2, 0) is 0 Å². The third-order valence-corrected chi connectivity index (χ3v) is 3.52. The maximum Gasteiger partial charge on any atom is 0.123 e. The molecule has 0 bridgehead atoms. The number of hydrogen-bond donors (Lipinski definition) is 2. The fourth-order valence-electron chi connectivity index (χ4n) is 2.53. The lowest BCUT2D eigenvalue weighted by Gasteiger charge is -2.15. The Bertz CT molecular complexity index is 791. The molecule has 3 rings (SSSR count). The van der Waals surface area contributed by atoms with Crippen LogP contribution in [0.5, 0.6) is 11.5 Å². The standard InChI is InChI=1S/C19H15O2/c1-13-7-6-10-15(14-8-2-4-11-17(14)20)19(13)16-9-3-5-12-18(16)21/h2-12,20-21H,1H2. The molecule has 0 fully saturated rings. The maximum atomic E-state index is 10.1. The Hall–Kier alpha value is -2.74. The monoisotopic (exact) mass is 275 g/mol. The number of rotatable bonds is 2. The summed E-state index contributed by atoms with van der Waals surface area (Å²) < 4.78 is 0. The van der Waals surface area contributed by atoms with Crippen molar-refractivity contribution in [3.8, 4) is 33.8 Å². The van der Waals surface area contributed by atoms with Crippen LogP contribution in [0.25, 0.3) is 22.3 Å². The molecule has 0 heterocycles. The van der Waals surface area contributed by atoms with E-state index in [1.165, 1.54) is 0 Å². The van der Waals surface area contributed by atoms with E-state index in [4.69, 9.17) is 0 Å². The van der Waals surface area contributed by atoms with Gasteiger partial charge in [0.2, 0.25) is 0 Å². The number of aromatic hydroxyl groups is 2. The van der Waals surface area contributed by atoms with Gasteiger partial charge in [0.15, 0.2) is 0 Å². The third kappa shape index (κ3) is 2.36. The van der Waals surface area contributed by atoms with Crippen molar-refractivity contribution in [2.75, 3.05) is 0 Å². The highest BCUT2D eigenvalue weighted by molar-refractivity contribution is 5.90. The summed E-state index contributed by atoms with van der Waals surface area (Å²) in [6, 6.07) is 20.0. The van der Waals surface area contributed by atoms with Crippen LogP contribution in [-0.4, -0.2) is 10.2 Å². The summed E-state index contributed by atoms with van der Waals surface area (Å²) in [6.07, 6.45) is 0. The largest absolute Gasteiger partial charge is 0.507 e. The molecule has 2 N–H and O–H groups in total. The van der Waals surface area contributed by atoms with E-state index in [9.17, 15) is 10.2 Å². The van der Waals surface area contributed by atoms with Gasteiger partial charge in [-0.15, -0.1) is 0 Å². The van der Waals surface area contributed by atoms with Crippen molar-refractivity contribution in [2.24, 2.45) is 0 Å². The van der Waals surface area contributed by atoms with Crippen LogP contribution in [0, 0.1) is 6.92 Å². The molecule has 0 aliphatic rings. The number of benzene rings is 3. The first kappa shape index (κ1) is 13.3. The molecule has 21 heavy (non-hydrogen) atoms. The summed E-state index contributed by atoms with van der Waals surface area (Å²) in [4.78, 5) is 0. The maximum absolute atomic E-state index is 10.1. The zero-order valence-corrected chi connectivity index (χ0v) is 11.5. The number of hydrogen-bond acceptors (Lipinski definition) is 2. The van der Waals surface area contributed by atoms with E-state index in [0.717, 1.165) is 22.3 Å². The van der Waals surface area contributed by atoms with Crippen LogP contribution in [0.2, 0.25) is 0 Å². The van der Waals surface area contributed by atoms with Gasteiger partial charge < -0.3 is 10.2 Å². The molecule has 0 spiro atoms. The van der Waals surface area contributed by atoms with Crippen molar-refractivity contribution >= 4 is 0 Å². The summed E-state index contributed by atoms with van der Waals surface area (Å²) in [5.41, 5.74) is 3.92. The van der Waals surface area contributed by atoms with Crippen molar-refractivity contribution in [1.82, 2.24) is 0 Å². The fraction of sp³-hybridized carbons (Fsp3) is 0. The molecule has 3 aromatic carbocycles. The van der Waals surface area contributed by atoms with Crippen LogP contribution in [0.3, 0.4) is 0 Å². The SMILES string of the molecule is [CH2]c1cccc(-c2ccccc2O)c1-c1ccccc1O. The zero-order chi connectivity index (χ0) is 14.8. The lowest BCUT2D eigenvalue weighted by molar-refractivity contribution is 0.476. The molecular formula is C19H15O2. The van der Waals surface area contributed by atoms with Crippen molar-refractivity contribution in [2.45, 2.75) is 0 Å². The Balaban J connectivity index is 2.32. The lowest BCUT2D eigenvalue weighted by atomic mass is 9.90. The van der Waals surface area contributed by atoms with Gasteiger partial charge in [-0.1, -0.05) is 54.6 Å². The molecule has 0 aliphatic heterocycles. The van der Waals surface area contributed by atoms with Gasteiger partial charge >= 0.3 is 0 Å². The molecule has 0 aliphatic carbocycles. The summed E-state index contributed by atoms with van der Waals surface area (Å²) in [6.45, 7) is 4.06. The molecular weight excluding hydrogens is 260 g/mol. The Morgan fingerprint density at radius 3 is 1.71 bits per heavy atom. The highest BCUT2D eigenvalue weighted by Gasteiger charge is 2.14. The Morgan fingerprint density at radius 2 is 1.10 bits per heavy atom. The highest BCUT2D eigenvalue weighted by atomic mass is 16.3. The summed E-state index contributed by atoms with van der Waals surface area (Å²) in [5, 5.41) is 20.3. The van der Waals surface area contributed by atoms with E-state index in [1.54, 1.807) is 24.3 Å². The van der Waals surface area contributed by atoms with Crippen molar-refractivity contribution in [1.29, 1.82) is 0 Å². The van der Waals surface area contributed by atoms with E-state index in [0.29, 0.717) is 5.56 Å². The highest BCUT2D eigenvalue weighted by Crippen LogP contribution is 2.41. The second kappa shape index (κ2) is 5.33. The zero-order valence-electron chi connectivity index (χ0n) is 11.5. The van der Waals surface area contributed by atoms with E-state index in [1.807, 2.05) is 42.5 Å². The number of phenols is 2. The van der Waals surface area contributed by atoms with E-state index < -0.39 is 0 Å². The molecule has 0 unspecified atom stereocenters. The van der Waals surface area contributed by atoms with Gasteiger partial charge in [-0.05, 0) is 35.7 Å². The van der Waals surface area contributed by atoms with Gasteiger partial charge in [0.1, 0.15) is 11.5 Å². The topological polar surface area (TPSA) is 40.5 Å². The summed E-state index contributed by atoms with van der Waals surface area (Å²) in [5.74, 6) is 0.407. The Kier molecular flexibility index (Phi) is 3.36. The number of phenolic OH excluding ortho intramolecular Hbond substituents is 2. The average molecular weight is 275 g/mol. The van der Waals surface area contributed by atoms with Crippen molar-refractivity contribution in [3.05, 3.63) is 79.2 Å². The molecule has 0 saturated heterocycles. The Morgan fingerprint density at radius 1 is 0.571 bits per heavy atom. The predicted molar refractivity (Wildman–Crippen MR) is 85.1 cm³/mol. The fourth-order valence-corrected chi connectivity index (χ4v) is 2.53. The second-order valence-corrected chi connectivity index (χ2v) is 4.87. The molecule has 0 saturated carbocycles. The minimum absolute atomic E-state index is 0.199. The first-order valence-electron chi connectivity index (χ1n) is 6.70.